The third kappa shape index (κ3) is 2.97. The highest BCUT2D eigenvalue weighted by Crippen LogP contribution is 2.30. The molecule has 0 amide bonds. The van der Waals surface area contributed by atoms with Gasteiger partial charge in [-0.2, -0.15) is 0 Å². The van der Waals surface area contributed by atoms with E-state index in [1.165, 1.54) is 24.8 Å². The molecule has 1 aliphatic rings. The normalized spacial score (nSPS) is 30.1. The predicted octanol–water partition coefficient (Wildman–Crippen LogP) is 3.63. The van der Waals surface area contributed by atoms with E-state index in [0.29, 0.717) is 6.04 Å². The van der Waals surface area contributed by atoms with Crippen LogP contribution in [-0.2, 0) is 0 Å². The molecule has 88 valence electrons. The fraction of sp³-hybridized carbons (Fsp3) is 0.643. The summed E-state index contributed by atoms with van der Waals surface area (Å²) in [6, 6.07) is 4.80. The highest BCUT2D eigenvalue weighted by Gasteiger charge is 2.23. The first-order valence-corrected chi connectivity index (χ1v) is 6.32. The van der Waals surface area contributed by atoms with Crippen molar-refractivity contribution in [2.24, 2.45) is 11.8 Å². The summed E-state index contributed by atoms with van der Waals surface area (Å²) in [5.41, 5.74) is 1.22. The van der Waals surface area contributed by atoms with Crippen molar-refractivity contribution in [1.29, 1.82) is 0 Å². The van der Waals surface area contributed by atoms with Crippen LogP contribution in [0.4, 0.5) is 5.82 Å². The smallest absolute Gasteiger partial charge is 0.126 e. The van der Waals surface area contributed by atoms with Crippen LogP contribution < -0.4 is 5.32 Å². The third-order valence-electron chi connectivity index (χ3n) is 3.44. The Kier molecular flexibility index (Phi) is 3.47. The molecule has 2 rings (SSSR count). The van der Waals surface area contributed by atoms with Crippen molar-refractivity contribution in [3.05, 3.63) is 23.9 Å². The lowest BCUT2D eigenvalue weighted by Gasteiger charge is -2.32. The van der Waals surface area contributed by atoms with Crippen LogP contribution in [0.25, 0.3) is 0 Å². The van der Waals surface area contributed by atoms with Gasteiger partial charge in [0.15, 0.2) is 0 Å². The van der Waals surface area contributed by atoms with Crippen LogP contribution in [0, 0.1) is 18.8 Å². The fourth-order valence-corrected chi connectivity index (χ4v) is 2.83. The van der Waals surface area contributed by atoms with Crippen molar-refractivity contribution in [1.82, 2.24) is 4.98 Å². The first-order chi connectivity index (χ1) is 7.63. The van der Waals surface area contributed by atoms with E-state index in [1.807, 2.05) is 6.20 Å². The van der Waals surface area contributed by atoms with Crippen molar-refractivity contribution < 1.29 is 0 Å². The molecule has 0 aromatic carbocycles. The summed E-state index contributed by atoms with van der Waals surface area (Å²) < 4.78 is 0. The topological polar surface area (TPSA) is 24.9 Å². The molecule has 1 heterocycles. The van der Waals surface area contributed by atoms with E-state index in [-0.39, 0.29) is 0 Å². The number of hydrogen-bond acceptors (Lipinski definition) is 2. The highest BCUT2D eigenvalue weighted by molar-refractivity contribution is 5.36. The van der Waals surface area contributed by atoms with Crippen LogP contribution in [0.2, 0.25) is 0 Å². The van der Waals surface area contributed by atoms with Gasteiger partial charge in [0.05, 0.1) is 0 Å². The first-order valence-electron chi connectivity index (χ1n) is 6.32. The standard InChI is InChI=1S/C14H22N2/c1-10-4-5-14(15-9-10)16-13-7-11(2)6-12(3)8-13/h4-5,9,11-13H,6-8H2,1-3H3,(H,15,16). The number of pyridine rings is 1. The molecule has 2 nitrogen and oxygen atoms in total. The molecule has 1 aliphatic carbocycles. The van der Waals surface area contributed by atoms with Crippen LogP contribution >= 0.6 is 0 Å². The van der Waals surface area contributed by atoms with E-state index >= 15 is 0 Å². The van der Waals surface area contributed by atoms with Crippen LogP contribution in [0.1, 0.15) is 38.7 Å². The molecular weight excluding hydrogens is 196 g/mol. The highest BCUT2D eigenvalue weighted by atomic mass is 15.0. The molecule has 1 saturated carbocycles. The van der Waals surface area contributed by atoms with Crippen LogP contribution in [0.15, 0.2) is 18.3 Å². The maximum atomic E-state index is 4.41. The molecule has 2 unspecified atom stereocenters. The summed E-state index contributed by atoms with van der Waals surface area (Å²) in [6.07, 6.45) is 5.86. The van der Waals surface area contributed by atoms with Gasteiger partial charge in [-0.1, -0.05) is 19.9 Å². The zero-order chi connectivity index (χ0) is 11.5. The van der Waals surface area contributed by atoms with Crippen molar-refractivity contribution in [3.8, 4) is 0 Å². The third-order valence-corrected chi connectivity index (χ3v) is 3.44. The lowest BCUT2D eigenvalue weighted by atomic mass is 9.80. The van der Waals surface area contributed by atoms with Gasteiger partial charge in [0.2, 0.25) is 0 Å². The average molecular weight is 218 g/mol. The summed E-state index contributed by atoms with van der Waals surface area (Å²) >= 11 is 0. The van der Waals surface area contributed by atoms with Gasteiger partial charge < -0.3 is 5.32 Å². The number of aryl methyl sites for hydroxylation is 1. The minimum absolute atomic E-state index is 0.606. The van der Waals surface area contributed by atoms with Crippen molar-refractivity contribution >= 4 is 5.82 Å². The zero-order valence-electron chi connectivity index (χ0n) is 10.5. The van der Waals surface area contributed by atoms with Gasteiger partial charge in [-0.25, -0.2) is 4.98 Å². The van der Waals surface area contributed by atoms with E-state index in [2.05, 4.69) is 43.2 Å². The van der Waals surface area contributed by atoms with Gasteiger partial charge in [0.1, 0.15) is 5.82 Å². The molecule has 0 radical (unpaired) electrons. The Hall–Kier alpha value is -1.05. The number of rotatable bonds is 2. The van der Waals surface area contributed by atoms with Gasteiger partial charge in [0, 0.05) is 12.2 Å². The molecule has 2 heteroatoms. The van der Waals surface area contributed by atoms with Gasteiger partial charge >= 0.3 is 0 Å². The van der Waals surface area contributed by atoms with E-state index in [9.17, 15) is 0 Å². The minimum Gasteiger partial charge on any atom is -0.367 e. The molecule has 16 heavy (non-hydrogen) atoms. The number of aromatic nitrogens is 1. The van der Waals surface area contributed by atoms with Crippen LogP contribution in [0.5, 0.6) is 0 Å². The van der Waals surface area contributed by atoms with E-state index in [0.717, 1.165) is 17.7 Å². The SMILES string of the molecule is Cc1ccc(NC2CC(C)CC(C)C2)nc1. The second-order valence-electron chi connectivity index (χ2n) is 5.48. The molecule has 0 saturated heterocycles. The molecule has 1 N–H and O–H groups in total. The van der Waals surface area contributed by atoms with Gasteiger partial charge in [-0.15, -0.1) is 0 Å². The van der Waals surface area contributed by atoms with Gasteiger partial charge in [-0.3, -0.25) is 0 Å². The molecule has 1 aromatic rings. The molecule has 1 fully saturated rings. The largest absolute Gasteiger partial charge is 0.367 e. The lowest BCUT2D eigenvalue weighted by molar-refractivity contribution is 0.280. The number of anilines is 1. The predicted molar refractivity (Wildman–Crippen MR) is 68.6 cm³/mol. The quantitative estimate of drug-likeness (QED) is 0.820. The molecule has 2 atom stereocenters. The van der Waals surface area contributed by atoms with E-state index < -0.39 is 0 Å². The fourth-order valence-electron chi connectivity index (χ4n) is 2.83. The van der Waals surface area contributed by atoms with Gasteiger partial charge in [-0.05, 0) is 49.7 Å². The minimum atomic E-state index is 0.606. The van der Waals surface area contributed by atoms with Gasteiger partial charge in [0.25, 0.3) is 0 Å². The van der Waals surface area contributed by atoms with Crippen LogP contribution in [-0.4, -0.2) is 11.0 Å². The molecular formula is C14H22N2. The second-order valence-corrected chi connectivity index (χ2v) is 5.48. The molecule has 1 aromatic heterocycles. The summed E-state index contributed by atoms with van der Waals surface area (Å²) in [6.45, 7) is 6.78. The maximum Gasteiger partial charge on any atom is 0.126 e. The molecule has 0 aliphatic heterocycles. The lowest BCUT2D eigenvalue weighted by Crippen LogP contribution is -2.30. The van der Waals surface area contributed by atoms with Crippen LogP contribution in [0.3, 0.4) is 0 Å². The Labute approximate surface area is 98.5 Å². The Morgan fingerprint density at radius 1 is 1.12 bits per heavy atom. The second kappa shape index (κ2) is 4.86. The van der Waals surface area contributed by atoms with Crippen molar-refractivity contribution in [3.63, 3.8) is 0 Å². The molecule has 0 spiro atoms. The van der Waals surface area contributed by atoms with E-state index in [1.54, 1.807) is 0 Å². The number of nitrogens with zero attached hydrogens (tertiary/aromatic N) is 1. The summed E-state index contributed by atoms with van der Waals surface area (Å²) in [5, 5.41) is 3.56. The Bertz CT molecular complexity index is 321. The average Bonchev–Trinajstić information content (AvgIpc) is 2.20. The maximum absolute atomic E-state index is 4.41. The summed E-state index contributed by atoms with van der Waals surface area (Å²) in [5.74, 6) is 2.70. The number of nitrogens with one attached hydrogen (secondary N) is 1. The Morgan fingerprint density at radius 2 is 1.81 bits per heavy atom. The summed E-state index contributed by atoms with van der Waals surface area (Å²) in [7, 11) is 0. The monoisotopic (exact) mass is 218 g/mol. The van der Waals surface area contributed by atoms with Crippen molar-refractivity contribution in [2.45, 2.75) is 46.1 Å². The zero-order valence-corrected chi connectivity index (χ0v) is 10.5. The Balaban J connectivity index is 1.96. The number of hydrogen-bond donors (Lipinski definition) is 1. The summed E-state index contributed by atoms with van der Waals surface area (Å²) in [4.78, 5) is 4.41. The van der Waals surface area contributed by atoms with Crippen molar-refractivity contribution in [2.75, 3.05) is 5.32 Å². The Morgan fingerprint density at radius 3 is 2.38 bits per heavy atom. The van der Waals surface area contributed by atoms with E-state index in [4.69, 9.17) is 0 Å². The molecule has 0 bridgehead atoms. The first kappa shape index (κ1) is 11.4.